The second-order valence-corrected chi connectivity index (χ2v) is 5.40. The fourth-order valence-electron chi connectivity index (χ4n) is 1.95. The van der Waals surface area contributed by atoms with Gasteiger partial charge in [-0.15, -0.1) is 0 Å². The number of amides is 2. The van der Waals surface area contributed by atoms with Crippen molar-refractivity contribution in [3.05, 3.63) is 23.7 Å². The first-order valence-electron chi connectivity index (χ1n) is 7.21. The summed E-state index contributed by atoms with van der Waals surface area (Å²) < 4.78 is 5.45. The van der Waals surface area contributed by atoms with Gasteiger partial charge in [-0.25, -0.2) is 4.79 Å². The predicted octanol–water partition coefficient (Wildman–Crippen LogP) is 2.84. The lowest BCUT2D eigenvalue weighted by molar-refractivity contribution is -0.137. The van der Waals surface area contributed by atoms with Crippen LogP contribution in [0.1, 0.15) is 50.7 Å². The number of furan rings is 1. The zero-order chi connectivity index (χ0) is 15.8. The van der Waals surface area contributed by atoms with E-state index in [1.807, 2.05) is 32.9 Å². The van der Waals surface area contributed by atoms with Crippen molar-refractivity contribution in [2.24, 2.45) is 5.92 Å². The molecular formula is C15H24N2O4. The molecule has 1 aromatic heterocycles. The van der Waals surface area contributed by atoms with Crippen LogP contribution in [0.15, 0.2) is 16.5 Å². The summed E-state index contributed by atoms with van der Waals surface area (Å²) in [6.45, 7) is 6.22. The second-order valence-electron chi connectivity index (χ2n) is 5.40. The maximum absolute atomic E-state index is 11.7. The van der Waals surface area contributed by atoms with E-state index in [4.69, 9.17) is 9.52 Å². The Kier molecular flexibility index (Phi) is 6.78. The molecule has 0 aliphatic heterocycles. The van der Waals surface area contributed by atoms with E-state index in [1.165, 1.54) is 0 Å². The Morgan fingerprint density at radius 2 is 2.00 bits per heavy atom. The van der Waals surface area contributed by atoms with Crippen LogP contribution in [0.4, 0.5) is 4.79 Å². The molecule has 0 aliphatic rings. The summed E-state index contributed by atoms with van der Waals surface area (Å²) in [5, 5.41) is 14.2. The molecule has 1 rings (SSSR count). The molecule has 2 atom stereocenters. The van der Waals surface area contributed by atoms with Gasteiger partial charge >= 0.3 is 12.0 Å². The van der Waals surface area contributed by atoms with Crippen molar-refractivity contribution in [2.75, 3.05) is 6.54 Å². The number of hydrogen-bond donors (Lipinski definition) is 3. The van der Waals surface area contributed by atoms with Crippen LogP contribution >= 0.6 is 0 Å². The van der Waals surface area contributed by atoms with Crippen LogP contribution < -0.4 is 10.6 Å². The average molecular weight is 296 g/mol. The smallest absolute Gasteiger partial charge is 0.315 e. The van der Waals surface area contributed by atoms with E-state index in [9.17, 15) is 9.59 Å². The minimum Gasteiger partial charge on any atom is -0.481 e. The topological polar surface area (TPSA) is 91.6 Å². The molecule has 0 spiro atoms. The minimum atomic E-state index is -0.782. The van der Waals surface area contributed by atoms with Crippen LogP contribution in [-0.4, -0.2) is 23.7 Å². The molecule has 2 unspecified atom stereocenters. The number of urea groups is 1. The molecule has 1 aromatic rings. The summed E-state index contributed by atoms with van der Waals surface area (Å²) in [7, 11) is 0. The SMILES string of the molecule is Cc1ccc(C(C)NC(=O)NCCC(C)CCC(=O)O)o1. The number of nitrogens with one attached hydrogen (secondary N) is 2. The number of carboxylic acids is 1. The van der Waals surface area contributed by atoms with E-state index in [-0.39, 0.29) is 24.4 Å². The Morgan fingerprint density at radius 1 is 1.29 bits per heavy atom. The quantitative estimate of drug-likeness (QED) is 0.688. The first-order valence-corrected chi connectivity index (χ1v) is 7.21. The lowest BCUT2D eigenvalue weighted by atomic mass is 10.0. The number of hydrogen-bond acceptors (Lipinski definition) is 3. The van der Waals surface area contributed by atoms with Gasteiger partial charge in [0.1, 0.15) is 11.5 Å². The molecule has 6 heteroatoms. The van der Waals surface area contributed by atoms with E-state index in [0.717, 1.165) is 17.9 Å². The van der Waals surface area contributed by atoms with Crippen LogP contribution in [0.25, 0.3) is 0 Å². The van der Waals surface area contributed by atoms with Gasteiger partial charge in [-0.2, -0.15) is 0 Å². The Bertz CT molecular complexity index is 470. The standard InChI is InChI=1S/C15H24N2O4/c1-10(4-7-14(18)19)8-9-16-15(20)17-12(3)13-6-5-11(2)21-13/h5-6,10,12H,4,7-9H2,1-3H3,(H,18,19)(H2,16,17,20). The molecule has 118 valence electrons. The van der Waals surface area contributed by atoms with Crippen LogP contribution in [-0.2, 0) is 4.79 Å². The van der Waals surface area contributed by atoms with E-state index in [1.54, 1.807) is 0 Å². The number of rotatable bonds is 8. The predicted molar refractivity (Wildman–Crippen MR) is 79.0 cm³/mol. The highest BCUT2D eigenvalue weighted by molar-refractivity contribution is 5.74. The number of aliphatic carboxylic acids is 1. The van der Waals surface area contributed by atoms with Crippen molar-refractivity contribution in [1.29, 1.82) is 0 Å². The van der Waals surface area contributed by atoms with E-state index in [2.05, 4.69) is 10.6 Å². The number of carbonyl (C=O) groups excluding carboxylic acids is 1. The van der Waals surface area contributed by atoms with Crippen LogP contribution in [0.5, 0.6) is 0 Å². The molecule has 0 bridgehead atoms. The van der Waals surface area contributed by atoms with E-state index >= 15 is 0 Å². The van der Waals surface area contributed by atoms with Gasteiger partial charge in [0.05, 0.1) is 6.04 Å². The highest BCUT2D eigenvalue weighted by Gasteiger charge is 2.12. The summed E-state index contributed by atoms with van der Waals surface area (Å²) in [6.07, 6.45) is 1.55. The largest absolute Gasteiger partial charge is 0.481 e. The average Bonchev–Trinajstić information content (AvgIpc) is 2.83. The molecule has 3 N–H and O–H groups in total. The molecule has 0 saturated carbocycles. The molecule has 2 amide bonds. The van der Waals surface area contributed by atoms with Gasteiger partial charge in [0, 0.05) is 13.0 Å². The van der Waals surface area contributed by atoms with Gasteiger partial charge in [0.15, 0.2) is 0 Å². The van der Waals surface area contributed by atoms with Gasteiger partial charge < -0.3 is 20.2 Å². The Morgan fingerprint density at radius 3 is 2.57 bits per heavy atom. The van der Waals surface area contributed by atoms with Crippen molar-refractivity contribution in [3.8, 4) is 0 Å². The summed E-state index contributed by atoms with van der Waals surface area (Å²) in [6, 6.07) is 3.26. The fourth-order valence-corrected chi connectivity index (χ4v) is 1.95. The molecule has 0 radical (unpaired) electrons. The van der Waals surface area contributed by atoms with Crippen LogP contribution in [0, 0.1) is 12.8 Å². The molecule has 6 nitrogen and oxygen atoms in total. The second kappa shape index (κ2) is 8.34. The third kappa shape index (κ3) is 6.83. The highest BCUT2D eigenvalue weighted by Crippen LogP contribution is 2.15. The molecule has 0 aliphatic carbocycles. The first kappa shape index (κ1) is 17.1. The molecular weight excluding hydrogens is 272 g/mol. The summed E-state index contributed by atoms with van der Waals surface area (Å²) >= 11 is 0. The number of carboxylic acid groups (broad SMARTS) is 1. The van der Waals surface area contributed by atoms with Crippen LogP contribution in [0.2, 0.25) is 0 Å². The molecule has 1 heterocycles. The summed E-state index contributed by atoms with van der Waals surface area (Å²) in [5.41, 5.74) is 0. The number of aryl methyl sites for hydroxylation is 1. The van der Waals surface area contributed by atoms with E-state index < -0.39 is 5.97 Å². The van der Waals surface area contributed by atoms with Gasteiger partial charge in [-0.05, 0) is 44.7 Å². The van der Waals surface area contributed by atoms with Gasteiger partial charge in [-0.1, -0.05) is 6.92 Å². The molecule has 0 aromatic carbocycles. The minimum absolute atomic E-state index is 0.169. The summed E-state index contributed by atoms with van der Waals surface area (Å²) in [5.74, 6) is 1.02. The van der Waals surface area contributed by atoms with E-state index in [0.29, 0.717) is 13.0 Å². The first-order chi connectivity index (χ1) is 9.88. The van der Waals surface area contributed by atoms with Gasteiger partial charge in [0.25, 0.3) is 0 Å². The summed E-state index contributed by atoms with van der Waals surface area (Å²) in [4.78, 5) is 22.2. The van der Waals surface area contributed by atoms with Crippen molar-refractivity contribution >= 4 is 12.0 Å². The third-order valence-corrected chi connectivity index (χ3v) is 3.31. The van der Waals surface area contributed by atoms with Crippen molar-refractivity contribution < 1.29 is 19.1 Å². The molecule has 21 heavy (non-hydrogen) atoms. The van der Waals surface area contributed by atoms with Gasteiger partial charge in [-0.3, -0.25) is 4.79 Å². The number of carbonyl (C=O) groups is 2. The Hall–Kier alpha value is -1.98. The highest BCUT2D eigenvalue weighted by atomic mass is 16.4. The van der Waals surface area contributed by atoms with Gasteiger partial charge in [0.2, 0.25) is 0 Å². The Balaban J connectivity index is 2.20. The Labute approximate surface area is 124 Å². The zero-order valence-corrected chi connectivity index (χ0v) is 12.8. The normalized spacial score (nSPS) is 13.5. The van der Waals surface area contributed by atoms with Crippen LogP contribution in [0.3, 0.4) is 0 Å². The molecule has 0 fully saturated rings. The lowest BCUT2D eigenvalue weighted by Gasteiger charge is -2.14. The zero-order valence-electron chi connectivity index (χ0n) is 12.8. The maximum Gasteiger partial charge on any atom is 0.315 e. The molecule has 0 saturated heterocycles. The fraction of sp³-hybridized carbons (Fsp3) is 0.600. The monoisotopic (exact) mass is 296 g/mol. The third-order valence-electron chi connectivity index (χ3n) is 3.31. The lowest BCUT2D eigenvalue weighted by Crippen LogP contribution is -2.37. The van der Waals surface area contributed by atoms with Crippen molar-refractivity contribution in [3.63, 3.8) is 0 Å². The van der Waals surface area contributed by atoms with Crippen molar-refractivity contribution in [2.45, 2.75) is 46.1 Å². The van der Waals surface area contributed by atoms with Crippen molar-refractivity contribution in [1.82, 2.24) is 10.6 Å². The maximum atomic E-state index is 11.7.